The molecule has 1 aliphatic heterocycles. The number of rotatable bonds is 3. The maximum atomic E-state index is 12.5. The quantitative estimate of drug-likeness (QED) is 0.832. The van der Waals surface area contributed by atoms with E-state index in [2.05, 4.69) is 10.6 Å². The Morgan fingerprint density at radius 2 is 1.74 bits per heavy atom. The number of hydrogen-bond donors (Lipinski definition) is 2. The summed E-state index contributed by atoms with van der Waals surface area (Å²) >= 11 is 0. The number of hydrogen-bond acceptors (Lipinski definition) is 3. The molecule has 23 heavy (non-hydrogen) atoms. The molecule has 0 unspecified atom stereocenters. The van der Waals surface area contributed by atoms with E-state index in [0.29, 0.717) is 13.2 Å². The lowest BCUT2D eigenvalue weighted by molar-refractivity contribution is -0.148. The third kappa shape index (κ3) is 4.37. The smallest absolute Gasteiger partial charge is 0.315 e. The minimum absolute atomic E-state index is 0.0176. The van der Waals surface area contributed by atoms with Crippen molar-refractivity contribution in [1.29, 1.82) is 0 Å². The number of nitrogens with zero attached hydrogens (tertiary/aromatic N) is 1. The molecule has 0 aromatic heterocycles. The summed E-state index contributed by atoms with van der Waals surface area (Å²) in [5, 5.41) is 5.73. The van der Waals surface area contributed by atoms with E-state index in [1.807, 2.05) is 4.90 Å². The van der Waals surface area contributed by atoms with Crippen molar-refractivity contribution >= 4 is 11.9 Å². The molecule has 0 aromatic rings. The van der Waals surface area contributed by atoms with Crippen LogP contribution in [0.3, 0.4) is 0 Å². The maximum Gasteiger partial charge on any atom is 0.315 e. The van der Waals surface area contributed by atoms with Gasteiger partial charge in [-0.15, -0.1) is 0 Å². The molecule has 2 N–H and O–H groups in total. The molecule has 2 atom stereocenters. The molecule has 3 rings (SSSR count). The molecule has 2 aliphatic carbocycles. The Kier molecular flexibility index (Phi) is 5.75. The fourth-order valence-electron chi connectivity index (χ4n) is 4.15. The molecule has 0 bridgehead atoms. The Hall–Kier alpha value is -1.30. The normalized spacial score (nSPS) is 28.8. The van der Waals surface area contributed by atoms with Gasteiger partial charge in [-0.05, 0) is 25.7 Å². The lowest BCUT2D eigenvalue weighted by Gasteiger charge is -2.43. The molecule has 2 saturated carbocycles. The maximum absolute atomic E-state index is 12.5. The summed E-state index contributed by atoms with van der Waals surface area (Å²) in [5.41, 5.74) is 0. The largest absolute Gasteiger partial charge is 0.374 e. The summed E-state index contributed by atoms with van der Waals surface area (Å²) < 4.78 is 5.79. The minimum Gasteiger partial charge on any atom is -0.374 e. The zero-order valence-corrected chi connectivity index (χ0v) is 13.9. The molecule has 3 aliphatic rings. The zero-order chi connectivity index (χ0) is 16.1. The van der Waals surface area contributed by atoms with Crippen LogP contribution in [0, 0.1) is 0 Å². The SMILES string of the molecule is O=C(NCC(=O)N1CCO[C@H]2CCCC[C@@H]21)NC1CCCCC1. The zero-order valence-electron chi connectivity index (χ0n) is 13.9. The first kappa shape index (κ1) is 16.6. The number of amides is 3. The van der Waals surface area contributed by atoms with Crippen LogP contribution in [0.4, 0.5) is 4.79 Å². The van der Waals surface area contributed by atoms with Gasteiger partial charge in [0.1, 0.15) is 0 Å². The molecule has 1 saturated heterocycles. The van der Waals surface area contributed by atoms with E-state index < -0.39 is 0 Å². The first-order valence-corrected chi connectivity index (χ1v) is 9.19. The van der Waals surface area contributed by atoms with Gasteiger partial charge in [0, 0.05) is 12.6 Å². The number of urea groups is 1. The standard InChI is InChI=1S/C17H29N3O3/c21-16(12-18-17(22)19-13-6-2-1-3-7-13)20-10-11-23-15-9-5-4-8-14(15)20/h13-15H,1-12H2,(H2,18,19,22)/t14-,15-/m0/s1. The number of morpholine rings is 1. The molecule has 130 valence electrons. The van der Waals surface area contributed by atoms with E-state index >= 15 is 0 Å². The van der Waals surface area contributed by atoms with Gasteiger partial charge in [0.15, 0.2) is 0 Å². The predicted molar refractivity (Wildman–Crippen MR) is 87.1 cm³/mol. The summed E-state index contributed by atoms with van der Waals surface area (Å²) in [6.45, 7) is 1.34. The van der Waals surface area contributed by atoms with Gasteiger partial charge in [0.05, 0.1) is 25.3 Å². The van der Waals surface area contributed by atoms with Crippen LogP contribution in [-0.2, 0) is 9.53 Å². The predicted octanol–water partition coefficient (Wildman–Crippen LogP) is 1.79. The number of nitrogens with one attached hydrogen (secondary N) is 2. The lowest BCUT2D eigenvalue weighted by atomic mass is 9.90. The van der Waals surface area contributed by atoms with Crippen LogP contribution in [0.25, 0.3) is 0 Å². The van der Waals surface area contributed by atoms with Gasteiger partial charge < -0.3 is 20.3 Å². The van der Waals surface area contributed by atoms with Crippen LogP contribution in [0.5, 0.6) is 0 Å². The van der Waals surface area contributed by atoms with Crippen molar-refractivity contribution in [3.8, 4) is 0 Å². The molecule has 6 heteroatoms. The number of ether oxygens (including phenoxy) is 1. The highest BCUT2D eigenvalue weighted by Gasteiger charge is 2.36. The molecular weight excluding hydrogens is 294 g/mol. The average molecular weight is 323 g/mol. The van der Waals surface area contributed by atoms with E-state index in [1.165, 1.54) is 25.7 Å². The fraction of sp³-hybridized carbons (Fsp3) is 0.882. The highest BCUT2D eigenvalue weighted by molar-refractivity contribution is 5.84. The Morgan fingerprint density at radius 3 is 2.57 bits per heavy atom. The molecule has 0 spiro atoms. The van der Waals surface area contributed by atoms with Gasteiger partial charge in [-0.25, -0.2) is 4.79 Å². The van der Waals surface area contributed by atoms with Gasteiger partial charge in [-0.1, -0.05) is 32.1 Å². The van der Waals surface area contributed by atoms with Gasteiger partial charge in [-0.3, -0.25) is 4.79 Å². The molecule has 1 heterocycles. The highest BCUT2D eigenvalue weighted by Crippen LogP contribution is 2.28. The third-order valence-electron chi connectivity index (χ3n) is 5.39. The van der Waals surface area contributed by atoms with Crippen molar-refractivity contribution in [2.75, 3.05) is 19.7 Å². The first-order chi connectivity index (χ1) is 11.2. The second-order valence-corrected chi connectivity index (χ2v) is 7.01. The molecule has 3 amide bonds. The second-order valence-electron chi connectivity index (χ2n) is 7.01. The highest BCUT2D eigenvalue weighted by atomic mass is 16.5. The van der Waals surface area contributed by atoms with Crippen LogP contribution in [0.15, 0.2) is 0 Å². The monoisotopic (exact) mass is 323 g/mol. The van der Waals surface area contributed by atoms with Gasteiger partial charge in [0.2, 0.25) is 5.91 Å². The lowest BCUT2D eigenvalue weighted by Crippen LogP contribution is -2.57. The van der Waals surface area contributed by atoms with E-state index in [-0.39, 0.29) is 36.7 Å². The van der Waals surface area contributed by atoms with Crippen molar-refractivity contribution in [2.24, 2.45) is 0 Å². The van der Waals surface area contributed by atoms with E-state index in [4.69, 9.17) is 4.74 Å². The average Bonchev–Trinajstić information content (AvgIpc) is 2.60. The molecule has 0 aromatic carbocycles. The molecule has 6 nitrogen and oxygen atoms in total. The van der Waals surface area contributed by atoms with Crippen molar-refractivity contribution in [1.82, 2.24) is 15.5 Å². The van der Waals surface area contributed by atoms with Crippen LogP contribution in [-0.4, -0.2) is 54.7 Å². The summed E-state index contributed by atoms with van der Waals surface area (Å²) in [7, 11) is 0. The summed E-state index contributed by atoms with van der Waals surface area (Å²) in [5.74, 6) is 0.0176. The Balaban J connectivity index is 1.43. The van der Waals surface area contributed by atoms with Gasteiger partial charge in [-0.2, -0.15) is 0 Å². The van der Waals surface area contributed by atoms with E-state index in [9.17, 15) is 9.59 Å². The van der Waals surface area contributed by atoms with Crippen LogP contribution >= 0.6 is 0 Å². The topological polar surface area (TPSA) is 70.7 Å². The Bertz CT molecular complexity index is 421. The van der Waals surface area contributed by atoms with Crippen molar-refractivity contribution < 1.29 is 14.3 Å². The van der Waals surface area contributed by atoms with E-state index in [0.717, 1.165) is 32.1 Å². The van der Waals surface area contributed by atoms with Crippen LogP contribution in [0.1, 0.15) is 57.8 Å². The Morgan fingerprint density at radius 1 is 1.00 bits per heavy atom. The summed E-state index contributed by atoms with van der Waals surface area (Å²) in [6.07, 6.45) is 10.3. The van der Waals surface area contributed by atoms with Gasteiger partial charge in [0.25, 0.3) is 0 Å². The first-order valence-electron chi connectivity index (χ1n) is 9.19. The van der Waals surface area contributed by atoms with Crippen molar-refractivity contribution in [2.45, 2.75) is 76.0 Å². The molecule has 0 radical (unpaired) electrons. The van der Waals surface area contributed by atoms with E-state index in [1.54, 1.807) is 0 Å². The molecular formula is C17H29N3O3. The summed E-state index contributed by atoms with van der Waals surface area (Å²) in [6, 6.07) is 0.261. The minimum atomic E-state index is -0.210. The summed E-state index contributed by atoms with van der Waals surface area (Å²) in [4.78, 5) is 26.4. The Labute approximate surface area is 138 Å². The van der Waals surface area contributed by atoms with Gasteiger partial charge >= 0.3 is 6.03 Å². The second kappa shape index (κ2) is 7.99. The third-order valence-corrected chi connectivity index (χ3v) is 5.39. The number of carbonyl (C=O) groups is 2. The van der Waals surface area contributed by atoms with Crippen LogP contribution < -0.4 is 10.6 Å². The van der Waals surface area contributed by atoms with Crippen molar-refractivity contribution in [3.63, 3.8) is 0 Å². The van der Waals surface area contributed by atoms with Crippen molar-refractivity contribution in [3.05, 3.63) is 0 Å². The van der Waals surface area contributed by atoms with Crippen LogP contribution in [0.2, 0.25) is 0 Å². The molecule has 3 fully saturated rings. The number of carbonyl (C=O) groups excluding carboxylic acids is 2. The fourth-order valence-corrected chi connectivity index (χ4v) is 4.15. The number of fused-ring (bicyclic) bond motifs is 1.